The van der Waals surface area contributed by atoms with Gasteiger partial charge in [-0.1, -0.05) is 0 Å². The zero-order valence-corrected chi connectivity index (χ0v) is 17.7. The highest BCUT2D eigenvalue weighted by Gasteiger charge is 2.10. The summed E-state index contributed by atoms with van der Waals surface area (Å²) in [6.45, 7) is 1.79. The summed E-state index contributed by atoms with van der Waals surface area (Å²) in [5, 5.41) is 6.15. The number of hydrogen-bond donors (Lipinski definition) is 2. The molecule has 0 spiro atoms. The van der Waals surface area contributed by atoms with Crippen LogP contribution < -0.4 is 15.4 Å². The van der Waals surface area contributed by atoms with Crippen molar-refractivity contribution in [3.63, 3.8) is 0 Å². The molecule has 0 bridgehead atoms. The minimum Gasteiger partial charge on any atom is -0.497 e. The second-order valence-electron chi connectivity index (χ2n) is 6.08. The van der Waals surface area contributed by atoms with Crippen molar-refractivity contribution in [2.75, 3.05) is 34.3 Å². The summed E-state index contributed by atoms with van der Waals surface area (Å²) in [6, 6.07) is 9.11. The van der Waals surface area contributed by atoms with Crippen LogP contribution in [-0.2, 0) is 13.6 Å². The Kier molecular flexibility index (Phi) is 7.72. The predicted molar refractivity (Wildman–Crippen MR) is 111 cm³/mol. The predicted octanol–water partition coefficient (Wildman–Crippen LogP) is 2.23. The molecule has 0 unspecified atom stereocenters. The Balaban J connectivity index is 1.78. The third kappa shape index (κ3) is 6.02. The fourth-order valence-corrected chi connectivity index (χ4v) is 3.19. The van der Waals surface area contributed by atoms with Crippen molar-refractivity contribution in [2.24, 2.45) is 12.0 Å². The maximum atomic E-state index is 12.1. The van der Waals surface area contributed by atoms with Crippen molar-refractivity contribution >= 4 is 27.8 Å². The first-order valence-electron chi connectivity index (χ1n) is 8.59. The number of methoxy groups -OCH3 is 1. The molecule has 1 heterocycles. The standard InChI is InChI=1S/C19H26BrN5O2/c1-21-19(25(3)13-16-11-15(20)12-24(16)2)23-10-9-22-18(26)14-5-7-17(27-4)8-6-14/h5-8,11-12H,9-10,13H2,1-4H3,(H,21,23)(H,22,26). The molecule has 7 nitrogen and oxygen atoms in total. The zero-order chi connectivity index (χ0) is 19.8. The van der Waals surface area contributed by atoms with Gasteiger partial charge in [0.05, 0.1) is 13.7 Å². The van der Waals surface area contributed by atoms with Gasteiger partial charge in [-0.3, -0.25) is 9.79 Å². The molecule has 0 fully saturated rings. The lowest BCUT2D eigenvalue weighted by molar-refractivity contribution is 0.0954. The third-order valence-electron chi connectivity index (χ3n) is 4.09. The Bertz CT molecular complexity index is 786. The van der Waals surface area contributed by atoms with Crippen LogP contribution in [0.1, 0.15) is 16.1 Å². The molecule has 0 aliphatic carbocycles. The highest BCUT2D eigenvalue weighted by atomic mass is 79.9. The Labute approximate surface area is 168 Å². The van der Waals surface area contributed by atoms with Gasteiger partial charge in [0, 0.05) is 56.2 Å². The van der Waals surface area contributed by atoms with Gasteiger partial charge in [-0.2, -0.15) is 0 Å². The quantitative estimate of drug-likeness (QED) is 0.397. The number of aliphatic imine (C=N–C) groups is 1. The van der Waals surface area contributed by atoms with Gasteiger partial charge in [0.1, 0.15) is 5.75 Å². The van der Waals surface area contributed by atoms with Gasteiger partial charge >= 0.3 is 0 Å². The van der Waals surface area contributed by atoms with Gasteiger partial charge < -0.3 is 24.8 Å². The van der Waals surface area contributed by atoms with Crippen molar-refractivity contribution in [3.8, 4) is 5.75 Å². The van der Waals surface area contributed by atoms with E-state index in [0.29, 0.717) is 18.7 Å². The van der Waals surface area contributed by atoms with Crippen LogP contribution in [0, 0.1) is 0 Å². The molecule has 8 heteroatoms. The van der Waals surface area contributed by atoms with Crippen molar-refractivity contribution in [1.82, 2.24) is 20.1 Å². The molecule has 0 aliphatic heterocycles. The maximum absolute atomic E-state index is 12.1. The van der Waals surface area contributed by atoms with Crippen LogP contribution in [0.15, 0.2) is 46.0 Å². The number of aryl methyl sites for hydroxylation is 1. The monoisotopic (exact) mass is 435 g/mol. The number of guanidine groups is 1. The molecule has 1 aromatic heterocycles. The van der Waals surface area contributed by atoms with E-state index in [1.54, 1.807) is 38.4 Å². The highest BCUT2D eigenvalue weighted by molar-refractivity contribution is 9.10. The molecule has 0 aliphatic rings. The lowest BCUT2D eigenvalue weighted by Gasteiger charge is -2.22. The Morgan fingerprint density at radius 2 is 1.93 bits per heavy atom. The molecule has 0 atom stereocenters. The number of nitrogens with one attached hydrogen (secondary N) is 2. The number of ether oxygens (including phenoxy) is 1. The van der Waals surface area contributed by atoms with Gasteiger partial charge in [0.2, 0.25) is 0 Å². The molecule has 0 radical (unpaired) electrons. The molecule has 0 saturated carbocycles. The first-order valence-corrected chi connectivity index (χ1v) is 9.38. The van der Waals surface area contributed by atoms with E-state index in [4.69, 9.17) is 4.74 Å². The number of aromatic nitrogens is 1. The van der Waals surface area contributed by atoms with Crippen LogP contribution in [0.25, 0.3) is 0 Å². The molecule has 146 valence electrons. The average Bonchev–Trinajstić information content (AvgIpc) is 2.98. The minimum absolute atomic E-state index is 0.114. The van der Waals surface area contributed by atoms with Crippen LogP contribution in [0.5, 0.6) is 5.75 Å². The SMILES string of the molecule is CN=C(NCCNC(=O)c1ccc(OC)cc1)N(C)Cc1cc(Br)cn1C. The molecule has 27 heavy (non-hydrogen) atoms. The summed E-state index contributed by atoms with van der Waals surface area (Å²) in [5.74, 6) is 1.38. The summed E-state index contributed by atoms with van der Waals surface area (Å²) < 4.78 is 8.22. The van der Waals surface area contributed by atoms with Crippen LogP contribution >= 0.6 is 15.9 Å². The van der Waals surface area contributed by atoms with E-state index in [2.05, 4.69) is 42.2 Å². The number of amides is 1. The van der Waals surface area contributed by atoms with Crippen LogP contribution in [-0.4, -0.2) is 55.6 Å². The fourth-order valence-electron chi connectivity index (χ4n) is 2.62. The molecular formula is C19H26BrN5O2. The summed E-state index contributed by atoms with van der Waals surface area (Å²) in [4.78, 5) is 18.5. The largest absolute Gasteiger partial charge is 0.497 e. The number of carbonyl (C=O) groups is 1. The van der Waals surface area contributed by atoms with Crippen LogP contribution in [0.3, 0.4) is 0 Å². The highest BCUT2D eigenvalue weighted by Crippen LogP contribution is 2.15. The third-order valence-corrected chi connectivity index (χ3v) is 4.53. The molecular weight excluding hydrogens is 410 g/mol. The lowest BCUT2D eigenvalue weighted by atomic mass is 10.2. The number of halogens is 1. The smallest absolute Gasteiger partial charge is 0.251 e. The summed E-state index contributed by atoms with van der Waals surface area (Å²) in [7, 11) is 7.34. The van der Waals surface area contributed by atoms with Gasteiger partial charge in [-0.15, -0.1) is 0 Å². The van der Waals surface area contributed by atoms with Crippen LogP contribution in [0.2, 0.25) is 0 Å². The summed E-state index contributed by atoms with van der Waals surface area (Å²) in [6.07, 6.45) is 2.02. The van der Waals surface area contributed by atoms with Crippen molar-refractivity contribution in [1.29, 1.82) is 0 Å². The fraction of sp³-hybridized carbons (Fsp3) is 0.368. The second-order valence-corrected chi connectivity index (χ2v) is 6.99. The Morgan fingerprint density at radius 1 is 1.26 bits per heavy atom. The number of hydrogen-bond acceptors (Lipinski definition) is 3. The summed E-state index contributed by atoms with van der Waals surface area (Å²) in [5.41, 5.74) is 1.77. The van der Waals surface area contributed by atoms with E-state index < -0.39 is 0 Å². The van der Waals surface area contributed by atoms with E-state index in [1.807, 2.05) is 25.2 Å². The first-order chi connectivity index (χ1) is 12.9. The maximum Gasteiger partial charge on any atom is 0.251 e. The molecule has 2 rings (SSSR count). The Hall–Kier alpha value is -2.48. The number of nitrogens with zero attached hydrogens (tertiary/aromatic N) is 3. The van der Waals surface area contributed by atoms with Gasteiger partial charge in [-0.05, 0) is 46.3 Å². The van der Waals surface area contributed by atoms with E-state index in [-0.39, 0.29) is 5.91 Å². The molecule has 1 aromatic carbocycles. The molecule has 0 saturated heterocycles. The van der Waals surface area contributed by atoms with Gasteiger partial charge in [0.25, 0.3) is 5.91 Å². The number of rotatable bonds is 7. The molecule has 2 aromatic rings. The lowest BCUT2D eigenvalue weighted by Crippen LogP contribution is -2.42. The van der Waals surface area contributed by atoms with Crippen molar-refractivity contribution in [2.45, 2.75) is 6.54 Å². The van der Waals surface area contributed by atoms with E-state index in [0.717, 1.165) is 22.7 Å². The van der Waals surface area contributed by atoms with E-state index >= 15 is 0 Å². The topological polar surface area (TPSA) is 70.9 Å². The van der Waals surface area contributed by atoms with Gasteiger partial charge in [0.15, 0.2) is 5.96 Å². The van der Waals surface area contributed by atoms with E-state index in [1.165, 1.54) is 5.69 Å². The number of carbonyl (C=O) groups excluding carboxylic acids is 1. The second kappa shape index (κ2) is 10.0. The first kappa shape index (κ1) is 20.8. The van der Waals surface area contributed by atoms with E-state index in [9.17, 15) is 4.79 Å². The van der Waals surface area contributed by atoms with Crippen molar-refractivity contribution in [3.05, 3.63) is 52.3 Å². The zero-order valence-electron chi connectivity index (χ0n) is 16.1. The average molecular weight is 436 g/mol. The summed E-state index contributed by atoms with van der Waals surface area (Å²) >= 11 is 3.49. The normalized spacial score (nSPS) is 11.2. The number of benzene rings is 1. The van der Waals surface area contributed by atoms with Crippen LogP contribution in [0.4, 0.5) is 0 Å². The Morgan fingerprint density at radius 3 is 2.48 bits per heavy atom. The van der Waals surface area contributed by atoms with Crippen molar-refractivity contribution < 1.29 is 9.53 Å². The van der Waals surface area contributed by atoms with Gasteiger partial charge in [-0.25, -0.2) is 0 Å². The minimum atomic E-state index is -0.114. The molecule has 1 amide bonds. The molecule has 2 N–H and O–H groups in total.